The average molecular weight is 400 g/mol. The largest absolute Gasteiger partial charge is 0.370 e. The first kappa shape index (κ1) is 18.5. The standard InChI is InChI=1S/C27H33N3/c1-18-6-8-22(9-7-18)23-4-3-5-24(13-23)27(17-30(2)25(28)29-27)26-14-19-10-20(15-26)12-21(11-19)16-26/h3-9,13,19-21H,10-12,14-17H2,1-2H3,(H2,28,29). The van der Waals surface area contributed by atoms with E-state index in [4.69, 9.17) is 10.7 Å². The predicted octanol–water partition coefficient (Wildman–Crippen LogP) is 5.33. The lowest BCUT2D eigenvalue weighted by Crippen LogP contribution is -2.57. The highest BCUT2D eigenvalue weighted by Crippen LogP contribution is 2.67. The summed E-state index contributed by atoms with van der Waals surface area (Å²) in [5, 5.41) is 0. The van der Waals surface area contributed by atoms with Crippen molar-refractivity contribution >= 4 is 5.96 Å². The lowest BCUT2D eigenvalue weighted by atomic mass is 9.44. The molecule has 3 nitrogen and oxygen atoms in total. The van der Waals surface area contributed by atoms with E-state index < -0.39 is 0 Å². The molecular weight excluding hydrogens is 366 g/mol. The van der Waals surface area contributed by atoms with Crippen LogP contribution < -0.4 is 5.73 Å². The van der Waals surface area contributed by atoms with Gasteiger partial charge >= 0.3 is 0 Å². The topological polar surface area (TPSA) is 41.6 Å². The number of benzene rings is 2. The zero-order chi connectivity index (χ0) is 20.5. The van der Waals surface area contributed by atoms with Crippen LogP contribution in [0.15, 0.2) is 53.5 Å². The van der Waals surface area contributed by atoms with E-state index >= 15 is 0 Å². The van der Waals surface area contributed by atoms with Crippen LogP contribution in [0.5, 0.6) is 0 Å². The second-order valence-corrected chi connectivity index (χ2v) is 10.8. The van der Waals surface area contributed by atoms with Gasteiger partial charge in [0.2, 0.25) is 0 Å². The fraction of sp³-hybridized carbons (Fsp3) is 0.519. The van der Waals surface area contributed by atoms with Crippen LogP contribution in [0.3, 0.4) is 0 Å². The molecule has 0 amide bonds. The molecular formula is C27H33N3. The zero-order valence-electron chi connectivity index (χ0n) is 18.3. The molecule has 3 heteroatoms. The van der Waals surface area contributed by atoms with E-state index in [1.165, 1.54) is 60.8 Å². The highest BCUT2D eigenvalue weighted by atomic mass is 15.3. The van der Waals surface area contributed by atoms with Crippen LogP contribution in [0.4, 0.5) is 0 Å². The van der Waals surface area contributed by atoms with Crippen molar-refractivity contribution in [1.82, 2.24) is 4.90 Å². The van der Waals surface area contributed by atoms with Gasteiger partial charge in [0.15, 0.2) is 5.96 Å². The summed E-state index contributed by atoms with van der Waals surface area (Å²) in [7, 11) is 2.12. The lowest BCUT2D eigenvalue weighted by Gasteiger charge is -2.62. The Labute approximate surface area is 180 Å². The van der Waals surface area contributed by atoms with E-state index in [-0.39, 0.29) is 11.0 Å². The van der Waals surface area contributed by atoms with Gasteiger partial charge in [-0.05, 0) is 86.0 Å². The molecule has 4 aliphatic carbocycles. The summed E-state index contributed by atoms with van der Waals surface area (Å²) in [5.41, 5.74) is 11.8. The molecule has 1 heterocycles. The van der Waals surface area contributed by atoms with Crippen molar-refractivity contribution in [1.29, 1.82) is 0 Å². The molecule has 30 heavy (non-hydrogen) atoms. The molecule has 0 aromatic heterocycles. The number of nitrogens with zero attached hydrogens (tertiary/aromatic N) is 2. The minimum absolute atomic E-state index is 0.206. The predicted molar refractivity (Wildman–Crippen MR) is 123 cm³/mol. The highest BCUT2D eigenvalue weighted by molar-refractivity contribution is 5.81. The van der Waals surface area contributed by atoms with Crippen LogP contribution in [0.1, 0.15) is 49.7 Å². The smallest absolute Gasteiger partial charge is 0.192 e. The first-order chi connectivity index (χ1) is 14.5. The molecule has 2 aromatic carbocycles. The molecule has 0 spiro atoms. The number of aryl methyl sites for hydroxylation is 1. The minimum Gasteiger partial charge on any atom is -0.370 e. The fourth-order valence-corrected chi connectivity index (χ4v) is 7.81. The Hall–Kier alpha value is -2.29. The Morgan fingerprint density at radius 1 is 0.900 bits per heavy atom. The van der Waals surface area contributed by atoms with Gasteiger partial charge in [0.1, 0.15) is 5.54 Å². The van der Waals surface area contributed by atoms with Crippen LogP contribution in [0, 0.1) is 30.1 Å². The van der Waals surface area contributed by atoms with Gasteiger partial charge in [0.25, 0.3) is 0 Å². The molecule has 5 aliphatic rings. The molecule has 156 valence electrons. The average Bonchev–Trinajstić information content (AvgIpc) is 3.04. The van der Waals surface area contributed by atoms with Crippen LogP contribution in [-0.2, 0) is 5.54 Å². The van der Waals surface area contributed by atoms with Crippen LogP contribution >= 0.6 is 0 Å². The minimum atomic E-state index is -0.206. The van der Waals surface area contributed by atoms with Gasteiger partial charge in [0.05, 0.1) is 6.54 Å². The lowest BCUT2D eigenvalue weighted by molar-refractivity contribution is -0.0987. The second kappa shape index (κ2) is 6.35. The maximum absolute atomic E-state index is 6.45. The van der Waals surface area contributed by atoms with E-state index in [2.05, 4.69) is 67.4 Å². The molecule has 4 saturated carbocycles. The first-order valence-electron chi connectivity index (χ1n) is 11.7. The molecule has 1 unspecified atom stereocenters. The molecule has 7 rings (SSSR count). The van der Waals surface area contributed by atoms with Crippen molar-refractivity contribution in [3.05, 3.63) is 59.7 Å². The van der Waals surface area contributed by atoms with Gasteiger partial charge in [-0.15, -0.1) is 0 Å². The second-order valence-electron chi connectivity index (χ2n) is 10.8. The van der Waals surface area contributed by atoms with Crippen molar-refractivity contribution in [2.75, 3.05) is 13.6 Å². The maximum atomic E-state index is 6.45. The van der Waals surface area contributed by atoms with E-state index in [1.54, 1.807) is 0 Å². The number of hydrogen-bond donors (Lipinski definition) is 1. The van der Waals surface area contributed by atoms with Crippen LogP contribution in [-0.4, -0.2) is 24.5 Å². The molecule has 0 radical (unpaired) electrons. The van der Waals surface area contributed by atoms with Gasteiger partial charge in [-0.1, -0.05) is 48.0 Å². The Morgan fingerprint density at radius 3 is 2.10 bits per heavy atom. The first-order valence-corrected chi connectivity index (χ1v) is 11.7. The summed E-state index contributed by atoms with van der Waals surface area (Å²) in [6.07, 6.45) is 8.35. The van der Waals surface area contributed by atoms with Crippen LogP contribution in [0.25, 0.3) is 11.1 Å². The molecule has 0 saturated heterocycles. The summed E-state index contributed by atoms with van der Waals surface area (Å²) in [4.78, 5) is 7.52. The third-order valence-corrected chi connectivity index (χ3v) is 8.80. The molecule has 1 aliphatic heterocycles. The van der Waals surface area contributed by atoms with E-state index in [1.807, 2.05) is 0 Å². The van der Waals surface area contributed by atoms with Gasteiger partial charge in [-0.25, -0.2) is 4.99 Å². The molecule has 2 aromatic rings. The molecule has 1 atom stereocenters. The third kappa shape index (κ3) is 2.60. The van der Waals surface area contributed by atoms with Gasteiger partial charge in [0, 0.05) is 12.5 Å². The van der Waals surface area contributed by atoms with Crippen molar-refractivity contribution in [3.63, 3.8) is 0 Å². The quantitative estimate of drug-likeness (QED) is 0.757. The number of hydrogen-bond acceptors (Lipinski definition) is 3. The molecule has 4 fully saturated rings. The third-order valence-electron chi connectivity index (χ3n) is 8.80. The molecule has 4 bridgehead atoms. The summed E-state index contributed by atoms with van der Waals surface area (Å²) in [6.45, 7) is 3.07. The Morgan fingerprint density at radius 2 is 1.53 bits per heavy atom. The summed E-state index contributed by atoms with van der Waals surface area (Å²) >= 11 is 0. The zero-order valence-corrected chi connectivity index (χ0v) is 18.3. The van der Waals surface area contributed by atoms with Crippen molar-refractivity contribution < 1.29 is 0 Å². The molecule has 2 N–H and O–H groups in total. The van der Waals surface area contributed by atoms with Gasteiger partial charge in [-0.2, -0.15) is 0 Å². The SMILES string of the molecule is Cc1ccc(-c2cccc(C3(C45CC6CC(CC(C6)C4)C5)CN(C)C(N)=N3)c2)cc1. The number of aliphatic imine (C=N–C) groups is 1. The van der Waals surface area contributed by atoms with Crippen molar-refractivity contribution in [2.24, 2.45) is 33.9 Å². The number of nitrogens with two attached hydrogens (primary N) is 1. The Bertz CT molecular complexity index is 970. The van der Waals surface area contributed by atoms with E-state index in [0.29, 0.717) is 5.96 Å². The normalized spacial score (nSPS) is 36.9. The monoisotopic (exact) mass is 399 g/mol. The van der Waals surface area contributed by atoms with Crippen molar-refractivity contribution in [3.8, 4) is 11.1 Å². The maximum Gasteiger partial charge on any atom is 0.192 e. The van der Waals surface area contributed by atoms with Crippen molar-refractivity contribution in [2.45, 2.75) is 51.0 Å². The summed E-state index contributed by atoms with van der Waals surface area (Å²) in [6, 6.07) is 18.1. The highest BCUT2D eigenvalue weighted by Gasteiger charge is 2.63. The Balaban J connectivity index is 1.49. The van der Waals surface area contributed by atoms with E-state index in [0.717, 1.165) is 24.3 Å². The van der Waals surface area contributed by atoms with Crippen LogP contribution in [0.2, 0.25) is 0 Å². The number of rotatable bonds is 3. The fourth-order valence-electron chi connectivity index (χ4n) is 7.81. The number of likely N-dealkylation sites (N-methyl/N-ethyl adjacent to an activating group) is 1. The van der Waals surface area contributed by atoms with Gasteiger partial charge in [-0.3, -0.25) is 0 Å². The van der Waals surface area contributed by atoms with Gasteiger partial charge < -0.3 is 10.6 Å². The number of guanidine groups is 1. The Kier molecular flexibility index (Phi) is 3.91. The summed E-state index contributed by atoms with van der Waals surface area (Å²) in [5.74, 6) is 3.41. The van der Waals surface area contributed by atoms with E-state index in [9.17, 15) is 0 Å². The summed E-state index contributed by atoms with van der Waals surface area (Å²) < 4.78 is 0.